The van der Waals surface area contributed by atoms with Gasteiger partial charge in [0.05, 0.1) is 12.2 Å². The van der Waals surface area contributed by atoms with Gasteiger partial charge in [-0.15, -0.1) is 0 Å². The van der Waals surface area contributed by atoms with Crippen LogP contribution in [0.5, 0.6) is 0 Å². The quantitative estimate of drug-likeness (QED) is 0.281. The summed E-state index contributed by atoms with van der Waals surface area (Å²) in [5.41, 5.74) is 5.37. The van der Waals surface area contributed by atoms with E-state index >= 15 is 0 Å². The van der Waals surface area contributed by atoms with E-state index in [2.05, 4.69) is 5.16 Å². The largest absolute Gasteiger partial charge is 0.409 e. The fraction of sp³-hybridized carbons (Fsp3) is 0.778. The van der Waals surface area contributed by atoms with Crippen molar-refractivity contribution in [2.45, 2.75) is 6.92 Å². The lowest BCUT2D eigenvalue weighted by Crippen LogP contribution is -2.52. The number of nitrogens with zero attached hydrogens (tertiary/aromatic N) is 3. The molecule has 104 valence electrons. The zero-order chi connectivity index (χ0) is 13.9. The van der Waals surface area contributed by atoms with Crippen molar-refractivity contribution >= 4 is 21.8 Å². The molecule has 0 aromatic heterocycles. The average Bonchev–Trinajstić information content (AvgIpc) is 2.35. The van der Waals surface area contributed by atoms with Crippen LogP contribution in [0, 0.1) is 5.92 Å². The predicted octanol–water partition coefficient (Wildman–Crippen LogP) is -1.53. The molecule has 1 atom stereocenters. The van der Waals surface area contributed by atoms with Gasteiger partial charge in [-0.25, -0.2) is 8.42 Å². The molecule has 3 N–H and O–H groups in total. The van der Waals surface area contributed by atoms with Crippen molar-refractivity contribution < 1.29 is 18.4 Å². The fourth-order valence-electron chi connectivity index (χ4n) is 1.73. The van der Waals surface area contributed by atoms with E-state index in [1.54, 1.807) is 6.92 Å². The molecule has 8 nitrogen and oxygen atoms in total. The Labute approximate surface area is 106 Å². The van der Waals surface area contributed by atoms with Gasteiger partial charge in [-0.2, -0.15) is 4.31 Å². The minimum Gasteiger partial charge on any atom is -0.409 e. The highest BCUT2D eigenvalue weighted by molar-refractivity contribution is 7.88. The molecule has 0 bridgehead atoms. The van der Waals surface area contributed by atoms with Crippen molar-refractivity contribution in [1.82, 2.24) is 9.21 Å². The smallest absolute Gasteiger partial charge is 0.233 e. The SMILES string of the molecule is CC(C(=O)N1CCN(S(C)(=O)=O)CC1)C(N)=NO. The van der Waals surface area contributed by atoms with E-state index in [1.165, 1.54) is 9.21 Å². The van der Waals surface area contributed by atoms with E-state index in [0.717, 1.165) is 6.26 Å². The van der Waals surface area contributed by atoms with Gasteiger partial charge >= 0.3 is 0 Å². The van der Waals surface area contributed by atoms with Crippen LogP contribution < -0.4 is 5.73 Å². The summed E-state index contributed by atoms with van der Waals surface area (Å²) >= 11 is 0. The molecule has 1 aliphatic rings. The normalized spacial score (nSPS) is 20.8. The molecule has 18 heavy (non-hydrogen) atoms. The van der Waals surface area contributed by atoms with Crippen molar-refractivity contribution in [3.05, 3.63) is 0 Å². The Morgan fingerprint density at radius 3 is 2.22 bits per heavy atom. The lowest BCUT2D eigenvalue weighted by Gasteiger charge is -2.34. The van der Waals surface area contributed by atoms with E-state index < -0.39 is 15.9 Å². The van der Waals surface area contributed by atoms with Crippen LogP contribution >= 0.6 is 0 Å². The number of hydrogen-bond acceptors (Lipinski definition) is 5. The molecule has 1 heterocycles. The van der Waals surface area contributed by atoms with Gasteiger partial charge in [0.15, 0.2) is 5.84 Å². The molecule has 1 aliphatic heterocycles. The number of carbonyl (C=O) groups is 1. The van der Waals surface area contributed by atoms with Crippen LogP contribution in [-0.4, -0.2) is 67.0 Å². The van der Waals surface area contributed by atoms with Crippen LogP contribution in [-0.2, 0) is 14.8 Å². The molecule has 0 aliphatic carbocycles. The Balaban J connectivity index is 2.61. The van der Waals surface area contributed by atoms with Gasteiger partial charge in [-0.1, -0.05) is 5.16 Å². The van der Waals surface area contributed by atoms with Crippen LogP contribution in [0.3, 0.4) is 0 Å². The maximum atomic E-state index is 11.9. The summed E-state index contributed by atoms with van der Waals surface area (Å²) in [6, 6.07) is 0. The number of rotatable bonds is 3. The molecule has 1 rings (SSSR count). The second-order valence-electron chi connectivity index (χ2n) is 4.23. The Morgan fingerprint density at radius 2 is 1.83 bits per heavy atom. The van der Waals surface area contributed by atoms with E-state index in [-0.39, 0.29) is 24.8 Å². The highest BCUT2D eigenvalue weighted by atomic mass is 32.2. The molecule has 0 aromatic rings. The molecule has 0 saturated carbocycles. The standard InChI is InChI=1S/C9H18N4O4S/c1-7(8(10)11-15)9(14)12-3-5-13(6-4-12)18(2,16)17/h7,15H,3-6H2,1-2H3,(H2,10,11). The monoisotopic (exact) mass is 278 g/mol. The summed E-state index contributed by atoms with van der Waals surface area (Å²) in [4.78, 5) is 13.5. The number of amides is 1. The number of hydrogen-bond donors (Lipinski definition) is 2. The van der Waals surface area contributed by atoms with Crippen LogP contribution in [0.25, 0.3) is 0 Å². The Morgan fingerprint density at radius 1 is 1.33 bits per heavy atom. The molecule has 1 unspecified atom stereocenters. The first kappa shape index (κ1) is 14.7. The Kier molecular flexibility index (Phi) is 4.52. The van der Waals surface area contributed by atoms with E-state index in [0.29, 0.717) is 13.1 Å². The van der Waals surface area contributed by atoms with E-state index in [4.69, 9.17) is 10.9 Å². The third kappa shape index (κ3) is 3.33. The molecule has 9 heteroatoms. The number of amidine groups is 1. The number of carbonyl (C=O) groups excluding carboxylic acids is 1. The summed E-state index contributed by atoms with van der Waals surface area (Å²) in [5, 5.41) is 11.3. The first-order valence-electron chi connectivity index (χ1n) is 5.48. The maximum absolute atomic E-state index is 11.9. The van der Waals surface area contributed by atoms with Crippen LogP contribution in [0.4, 0.5) is 0 Å². The minimum atomic E-state index is -3.21. The summed E-state index contributed by atoms with van der Waals surface area (Å²) in [6.07, 6.45) is 1.14. The number of nitrogens with two attached hydrogens (primary N) is 1. The highest BCUT2D eigenvalue weighted by Crippen LogP contribution is 2.10. The van der Waals surface area contributed by atoms with Gasteiger partial charge in [0.2, 0.25) is 15.9 Å². The number of sulfonamides is 1. The summed E-state index contributed by atoms with van der Waals surface area (Å²) in [5.74, 6) is -1.12. The van der Waals surface area contributed by atoms with Crippen molar-refractivity contribution in [3.8, 4) is 0 Å². The molecular weight excluding hydrogens is 260 g/mol. The van der Waals surface area contributed by atoms with Crippen LogP contribution in [0.2, 0.25) is 0 Å². The first-order valence-corrected chi connectivity index (χ1v) is 7.33. The van der Waals surface area contributed by atoms with Crippen LogP contribution in [0.15, 0.2) is 5.16 Å². The number of piperazine rings is 1. The lowest BCUT2D eigenvalue weighted by molar-refractivity contribution is -0.134. The molecule has 0 spiro atoms. The van der Waals surface area contributed by atoms with Crippen LogP contribution in [0.1, 0.15) is 6.92 Å². The van der Waals surface area contributed by atoms with Crippen molar-refractivity contribution in [3.63, 3.8) is 0 Å². The molecule has 0 aromatic carbocycles. The highest BCUT2D eigenvalue weighted by Gasteiger charge is 2.29. The summed E-state index contributed by atoms with van der Waals surface area (Å²) < 4.78 is 23.9. The van der Waals surface area contributed by atoms with Crippen molar-refractivity contribution in [2.24, 2.45) is 16.8 Å². The molecule has 1 saturated heterocycles. The average molecular weight is 278 g/mol. The summed E-state index contributed by atoms with van der Waals surface area (Å²) in [7, 11) is -3.21. The first-order chi connectivity index (χ1) is 8.27. The van der Waals surface area contributed by atoms with Gasteiger partial charge in [0.1, 0.15) is 0 Å². The van der Waals surface area contributed by atoms with E-state index in [1.807, 2.05) is 0 Å². The van der Waals surface area contributed by atoms with Gasteiger partial charge in [0.25, 0.3) is 0 Å². The Hall–Kier alpha value is -1.35. The van der Waals surface area contributed by atoms with Gasteiger partial charge in [-0.05, 0) is 6.92 Å². The predicted molar refractivity (Wildman–Crippen MR) is 65.6 cm³/mol. The maximum Gasteiger partial charge on any atom is 0.233 e. The Bertz CT molecular complexity index is 439. The van der Waals surface area contributed by atoms with Crippen molar-refractivity contribution in [2.75, 3.05) is 32.4 Å². The second-order valence-corrected chi connectivity index (χ2v) is 6.22. The molecular formula is C9H18N4O4S. The lowest BCUT2D eigenvalue weighted by atomic mass is 10.1. The van der Waals surface area contributed by atoms with E-state index in [9.17, 15) is 13.2 Å². The molecule has 1 amide bonds. The van der Waals surface area contributed by atoms with Gasteiger partial charge in [-0.3, -0.25) is 4.79 Å². The third-order valence-electron chi connectivity index (χ3n) is 2.95. The topological polar surface area (TPSA) is 116 Å². The summed E-state index contributed by atoms with van der Waals surface area (Å²) in [6.45, 7) is 2.71. The second kappa shape index (κ2) is 5.53. The molecule has 0 radical (unpaired) electrons. The third-order valence-corrected chi connectivity index (χ3v) is 4.25. The zero-order valence-electron chi connectivity index (χ0n) is 10.4. The zero-order valence-corrected chi connectivity index (χ0v) is 11.2. The van der Waals surface area contributed by atoms with Crippen molar-refractivity contribution in [1.29, 1.82) is 0 Å². The number of oxime groups is 1. The fourth-order valence-corrected chi connectivity index (χ4v) is 2.55. The van der Waals surface area contributed by atoms with Gasteiger partial charge < -0.3 is 15.8 Å². The molecule has 1 fully saturated rings. The van der Waals surface area contributed by atoms with Gasteiger partial charge in [0, 0.05) is 26.2 Å². The minimum absolute atomic E-state index is 0.148.